The number of hydrogen-bond donors (Lipinski definition) is 1. The zero-order valence-corrected chi connectivity index (χ0v) is 14.0. The lowest BCUT2D eigenvalue weighted by atomic mass is 10.3. The summed E-state index contributed by atoms with van der Waals surface area (Å²) in [6.45, 7) is 5.94. The van der Waals surface area contributed by atoms with E-state index in [9.17, 15) is 0 Å². The van der Waals surface area contributed by atoms with E-state index < -0.39 is 0 Å². The van der Waals surface area contributed by atoms with Crippen LogP contribution in [0.1, 0.15) is 21.1 Å². The minimum atomic E-state index is 0.846. The van der Waals surface area contributed by atoms with Gasteiger partial charge in [0, 0.05) is 29.0 Å². The Morgan fingerprint density at radius 1 is 1.26 bits per heavy atom. The number of aromatic nitrogens is 2. The molecule has 6 heteroatoms. The predicted molar refractivity (Wildman–Crippen MR) is 85.1 cm³/mol. The van der Waals surface area contributed by atoms with Crippen molar-refractivity contribution in [1.29, 1.82) is 0 Å². The molecule has 3 aromatic heterocycles. The van der Waals surface area contributed by atoms with E-state index in [1.54, 1.807) is 22.7 Å². The van der Waals surface area contributed by atoms with E-state index in [2.05, 4.69) is 62.8 Å². The Hall–Kier alpha value is -0.690. The molecule has 0 amide bonds. The average Bonchev–Trinajstić information content (AvgIpc) is 2.97. The largest absolute Gasteiger partial charge is 0.306 e. The number of halogens is 1. The molecule has 0 spiro atoms. The zero-order valence-electron chi connectivity index (χ0n) is 10.7. The first kappa shape index (κ1) is 13.3. The Bertz CT molecular complexity index is 711. The molecule has 0 fully saturated rings. The second kappa shape index (κ2) is 5.36. The summed E-state index contributed by atoms with van der Waals surface area (Å²) in [5.41, 5.74) is 2.38. The maximum absolute atomic E-state index is 4.60. The van der Waals surface area contributed by atoms with Crippen LogP contribution in [0.3, 0.4) is 0 Å². The van der Waals surface area contributed by atoms with Crippen molar-refractivity contribution in [2.45, 2.75) is 26.9 Å². The summed E-state index contributed by atoms with van der Waals surface area (Å²) in [4.78, 5) is 8.33. The number of thiazole rings is 1. The van der Waals surface area contributed by atoms with Gasteiger partial charge in [-0.2, -0.15) is 0 Å². The van der Waals surface area contributed by atoms with Crippen LogP contribution < -0.4 is 5.32 Å². The van der Waals surface area contributed by atoms with Gasteiger partial charge >= 0.3 is 0 Å². The van der Waals surface area contributed by atoms with E-state index >= 15 is 0 Å². The van der Waals surface area contributed by atoms with Crippen molar-refractivity contribution < 1.29 is 0 Å². The van der Waals surface area contributed by atoms with Crippen LogP contribution in [-0.4, -0.2) is 9.38 Å². The van der Waals surface area contributed by atoms with Crippen LogP contribution in [0.2, 0.25) is 0 Å². The summed E-state index contributed by atoms with van der Waals surface area (Å²) in [7, 11) is 0. The Morgan fingerprint density at radius 3 is 2.84 bits per heavy atom. The highest BCUT2D eigenvalue weighted by Gasteiger charge is 2.10. The molecule has 0 bridgehead atoms. The highest BCUT2D eigenvalue weighted by molar-refractivity contribution is 9.11. The molecule has 0 aliphatic rings. The van der Waals surface area contributed by atoms with E-state index in [-0.39, 0.29) is 0 Å². The van der Waals surface area contributed by atoms with E-state index in [0.29, 0.717) is 0 Å². The van der Waals surface area contributed by atoms with Gasteiger partial charge in [-0.05, 0) is 41.9 Å². The number of rotatable bonds is 4. The molecule has 3 rings (SSSR count). The topological polar surface area (TPSA) is 29.3 Å². The molecule has 3 nitrogen and oxygen atoms in total. The fraction of sp³-hybridized carbons (Fsp3) is 0.308. The van der Waals surface area contributed by atoms with Crippen LogP contribution in [-0.2, 0) is 13.1 Å². The highest BCUT2D eigenvalue weighted by Crippen LogP contribution is 2.23. The molecule has 0 atom stereocenters. The maximum Gasteiger partial charge on any atom is 0.194 e. The van der Waals surface area contributed by atoms with Gasteiger partial charge in [-0.25, -0.2) is 4.98 Å². The van der Waals surface area contributed by atoms with Crippen molar-refractivity contribution >= 4 is 43.6 Å². The minimum Gasteiger partial charge on any atom is -0.306 e. The Balaban J connectivity index is 1.72. The predicted octanol–water partition coefficient (Wildman–Crippen LogP) is 4.13. The normalized spacial score (nSPS) is 11.5. The van der Waals surface area contributed by atoms with Crippen LogP contribution in [0.25, 0.3) is 4.96 Å². The molecule has 19 heavy (non-hydrogen) atoms. The van der Waals surface area contributed by atoms with Crippen LogP contribution >= 0.6 is 38.6 Å². The van der Waals surface area contributed by atoms with Gasteiger partial charge in [0.1, 0.15) is 0 Å². The van der Waals surface area contributed by atoms with Crippen LogP contribution in [0.5, 0.6) is 0 Å². The standard InChI is InChI=1S/C13H14BrN3S2/c1-8-7-17-11(9(2)16-13(17)18-8)6-15-5-10-3-4-12(14)19-10/h3-4,7,15H,5-6H2,1-2H3. The minimum absolute atomic E-state index is 0.846. The van der Waals surface area contributed by atoms with Gasteiger partial charge in [0.2, 0.25) is 0 Å². The van der Waals surface area contributed by atoms with Crippen molar-refractivity contribution in [3.8, 4) is 0 Å². The number of hydrogen-bond acceptors (Lipinski definition) is 4. The first-order valence-corrected chi connectivity index (χ1v) is 8.45. The van der Waals surface area contributed by atoms with E-state index in [1.165, 1.54) is 19.2 Å². The van der Waals surface area contributed by atoms with Gasteiger partial charge in [-0.1, -0.05) is 0 Å². The number of nitrogens with zero attached hydrogens (tertiary/aromatic N) is 2. The second-order valence-corrected chi connectivity index (χ2v) is 8.21. The summed E-state index contributed by atoms with van der Waals surface area (Å²) >= 11 is 7.00. The number of imidazole rings is 1. The number of aryl methyl sites for hydroxylation is 2. The van der Waals surface area contributed by atoms with E-state index in [4.69, 9.17) is 0 Å². The van der Waals surface area contributed by atoms with Gasteiger partial charge in [0.15, 0.2) is 4.96 Å². The van der Waals surface area contributed by atoms with Crippen molar-refractivity contribution in [3.05, 3.63) is 43.3 Å². The van der Waals surface area contributed by atoms with Crippen LogP contribution in [0.15, 0.2) is 22.1 Å². The molecule has 1 N–H and O–H groups in total. The summed E-state index contributed by atoms with van der Waals surface area (Å²) < 4.78 is 3.38. The monoisotopic (exact) mass is 355 g/mol. The lowest BCUT2D eigenvalue weighted by Crippen LogP contribution is -2.13. The molecule has 0 unspecified atom stereocenters. The molecule has 3 heterocycles. The molecule has 0 saturated carbocycles. The smallest absolute Gasteiger partial charge is 0.194 e. The molecular weight excluding hydrogens is 342 g/mol. The van der Waals surface area contributed by atoms with Gasteiger partial charge in [0.25, 0.3) is 0 Å². The van der Waals surface area contributed by atoms with Crippen molar-refractivity contribution in [3.63, 3.8) is 0 Å². The first-order chi connectivity index (χ1) is 9.13. The van der Waals surface area contributed by atoms with Crippen molar-refractivity contribution in [2.75, 3.05) is 0 Å². The maximum atomic E-state index is 4.60. The highest BCUT2D eigenvalue weighted by atomic mass is 79.9. The zero-order chi connectivity index (χ0) is 13.4. The lowest BCUT2D eigenvalue weighted by molar-refractivity contribution is 0.679. The fourth-order valence-electron chi connectivity index (χ4n) is 2.07. The number of nitrogens with one attached hydrogen (secondary N) is 1. The molecule has 0 aliphatic carbocycles. The molecule has 0 aromatic carbocycles. The molecule has 3 aromatic rings. The molecular formula is C13H14BrN3S2. The summed E-state index contributed by atoms with van der Waals surface area (Å²) in [5, 5.41) is 3.49. The van der Waals surface area contributed by atoms with Gasteiger partial charge in [-0.3, -0.25) is 4.40 Å². The third-order valence-electron chi connectivity index (χ3n) is 2.96. The Morgan fingerprint density at radius 2 is 2.11 bits per heavy atom. The van der Waals surface area contributed by atoms with E-state index in [1.807, 2.05) is 0 Å². The van der Waals surface area contributed by atoms with Crippen molar-refractivity contribution in [1.82, 2.24) is 14.7 Å². The average molecular weight is 356 g/mol. The fourth-order valence-corrected chi connectivity index (χ4v) is 4.42. The summed E-state index contributed by atoms with van der Waals surface area (Å²) in [6.07, 6.45) is 2.17. The first-order valence-electron chi connectivity index (χ1n) is 6.02. The third kappa shape index (κ3) is 2.76. The van der Waals surface area contributed by atoms with Gasteiger partial charge < -0.3 is 5.32 Å². The SMILES string of the molecule is Cc1cn2c(CNCc3ccc(Br)s3)c(C)nc2s1. The lowest BCUT2D eigenvalue weighted by Gasteiger charge is -2.03. The summed E-state index contributed by atoms with van der Waals surface area (Å²) in [5.74, 6) is 0. The van der Waals surface area contributed by atoms with Crippen molar-refractivity contribution in [2.24, 2.45) is 0 Å². The Kier molecular flexibility index (Phi) is 3.75. The molecule has 0 saturated heterocycles. The summed E-state index contributed by atoms with van der Waals surface area (Å²) in [6, 6.07) is 4.24. The van der Waals surface area contributed by atoms with E-state index in [0.717, 1.165) is 23.7 Å². The quantitative estimate of drug-likeness (QED) is 0.762. The second-order valence-electron chi connectivity index (χ2n) is 4.45. The number of fused-ring (bicyclic) bond motifs is 1. The van der Waals surface area contributed by atoms with Crippen LogP contribution in [0, 0.1) is 13.8 Å². The number of thiophene rings is 1. The van der Waals surface area contributed by atoms with Crippen LogP contribution in [0.4, 0.5) is 0 Å². The van der Waals surface area contributed by atoms with Gasteiger partial charge in [0.05, 0.1) is 15.2 Å². The van der Waals surface area contributed by atoms with Gasteiger partial charge in [-0.15, -0.1) is 22.7 Å². The molecule has 0 aliphatic heterocycles. The molecule has 0 radical (unpaired) electrons. The third-order valence-corrected chi connectivity index (χ3v) is 5.48. The Labute approximate surface area is 128 Å². The molecule has 100 valence electrons.